The van der Waals surface area contributed by atoms with Gasteiger partial charge in [-0.15, -0.1) is 0 Å². The molecule has 1 aliphatic carbocycles. The molecule has 1 amide bonds. The summed E-state index contributed by atoms with van der Waals surface area (Å²) in [6.45, 7) is 1.99. The predicted molar refractivity (Wildman–Crippen MR) is 116 cm³/mol. The van der Waals surface area contributed by atoms with Crippen molar-refractivity contribution in [2.45, 2.75) is 57.4 Å². The van der Waals surface area contributed by atoms with Crippen molar-refractivity contribution in [2.24, 2.45) is 5.92 Å². The summed E-state index contributed by atoms with van der Waals surface area (Å²) >= 11 is 0. The van der Waals surface area contributed by atoms with Gasteiger partial charge in [0.1, 0.15) is 11.4 Å². The molecule has 0 radical (unpaired) electrons. The first kappa shape index (κ1) is 21.1. The number of nitrogen functional groups attached to an aromatic ring is 1. The summed E-state index contributed by atoms with van der Waals surface area (Å²) in [5.74, 6) is -0.0504. The van der Waals surface area contributed by atoms with Gasteiger partial charge in [-0.25, -0.2) is 0 Å². The Labute approximate surface area is 181 Å². The highest BCUT2D eigenvalue weighted by molar-refractivity contribution is 6.11. The van der Waals surface area contributed by atoms with Gasteiger partial charge in [-0.1, -0.05) is 12.1 Å². The number of carboxylic acid groups (broad SMARTS) is 1. The zero-order valence-electron chi connectivity index (χ0n) is 17.9. The molecule has 0 bridgehead atoms. The smallest absolute Gasteiger partial charge is 0.318 e. The van der Waals surface area contributed by atoms with Gasteiger partial charge < -0.3 is 20.5 Å². The summed E-state index contributed by atoms with van der Waals surface area (Å²) in [5.41, 5.74) is 9.07. The van der Waals surface area contributed by atoms with Gasteiger partial charge in [0, 0.05) is 24.6 Å². The fourth-order valence-electron chi connectivity index (χ4n) is 4.89. The van der Waals surface area contributed by atoms with Crippen LogP contribution in [-0.2, 0) is 11.2 Å². The molecule has 1 fully saturated rings. The molecule has 1 aliphatic heterocycles. The molecule has 2 aromatic rings. The molecule has 8 nitrogen and oxygen atoms in total. The minimum absolute atomic E-state index is 0.0729. The Morgan fingerprint density at radius 2 is 1.87 bits per heavy atom. The Bertz CT molecular complexity index is 984. The van der Waals surface area contributed by atoms with E-state index in [0.717, 1.165) is 31.4 Å². The van der Waals surface area contributed by atoms with E-state index in [0.29, 0.717) is 23.6 Å². The molecule has 0 saturated heterocycles. The maximum atomic E-state index is 13.2. The van der Waals surface area contributed by atoms with Crippen LogP contribution in [0, 0.1) is 5.92 Å². The second kappa shape index (κ2) is 8.53. The molecular formula is C23H28N4O4. The number of carbonyl (C=O) groups excluding carboxylic acids is 1. The molecule has 31 heavy (non-hydrogen) atoms. The molecule has 1 aromatic heterocycles. The molecule has 2 heterocycles. The van der Waals surface area contributed by atoms with Crippen molar-refractivity contribution in [3.8, 4) is 6.01 Å². The normalized spacial score (nSPS) is 23.4. The van der Waals surface area contributed by atoms with E-state index in [9.17, 15) is 9.59 Å². The zero-order chi connectivity index (χ0) is 22.1. The van der Waals surface area contributed by atoms with Gasteiger partial charge in [-0.05, 0) is 62.1 Å². The van der Waals surface area contributed by atoms with E-state index in [1.165, 1.54) is 12.7 Å². The van der Waals surface area contributed by atoms with Crippen molar-refractivity contribution in [3.63, 3.8) is 0 Å². The summed E-state index contributed by atoms with van der Waals surface area (Å²) in [4.78, 5) is 34.3. The number of ether oxygens (including phenoxy) is 1. The quantitative estimate of drug-likeness (QED) is 0.755. The topological polar surface area (TPSA) is 119 Å². The molecule has 8 heteroatoms. The van der Waals surface area contributed by atoms with Crippen LogP contribution in [0.1, 0.15) is 66.6 Å². The number of methoxy groups -OCH3 is 1. The Balaban J connectivity index is 1.50. The number of benzene rings is 1. The van der Waals surface area contributed by atoms with Gasteiger partial charge in [-0.2, -0.15) is 9.97 Å². The first-order chi connectivity index (χ1) is 14.9. The molecule has 0 unspecified atom stereocenters. The second-order valence-electron chi connectivity index (χ2n) is 8.55. The standard InChI is InChI=1S/C23H28N4O4/c1-13-11-18-20(21(24)26-23(25-18)31-2)22(30)27(13)17-9-7-16(8-10-17)15-5-3-14(4-6-15)12-19(28)29/h7-10,13-15H,3-6,11-12H2,1-2H3,(H,28,29)(H2,24,25,26)/t13-,14-,15-/m1/s1. The van der Waals surface area contributed by atoms with Crippen LogP contribution in [0.4, 0.5) is 11.5 Å². The highest BCUT2D eigenvalue weighted by atomic mass is 16.5. The average Bonchev–Trinajstić information content (AvgIpc) is 2.73. The summed E-state index contributed by atoms with van der Waals surface area (Å²) < 4.78 is 5.08. The molecule has 0 spiro atoms. The van der Waals surface area contributed by atoms with E-state index >= 15 is 0 Å². The Kier molecular flexibility index (Phi) is 5.80. The van der Waals surface area contributed by atoms with Crippen LogP contribution >= 0.6 is 0 Å². The van der Waals surface area contributed by atoms with Crippen LogP contribution in [0.3, 0.4) is 0 Å². The van der Waals surface area contributed by atoms with Crippen LogP contribution in [0.2, 0.25) is 0 Å². The largest absolute Gasteiger partial charge is 0.481 e. The van der Waals surface area contributed by atoms with Gasteiger partial charge in [0.15, 0.2) is 0 Å². The number of hydrogen-bond donors (Lipinski definition) is 2. The average molecular weight is 425 g/mol. The minimum atomic E-state index is -0.709. The van der Waals surface area contributed by atoms with Crippen molar-refractivity contribution in [1.82, 2.24) is 9.97 Å². The molecule has 164 valence electrons. The minimum Gasteiger partial charge on any atom is -0.481 e. The van der Waals surface area contributed by atoms with E-state index in [1.807, 2.05) is 19.1 Å². The molecule has 2 aliphatic rings. The zero-order valence-corrected chi connectivity index (χ0v) is 17.9. The number of rotatable bonds is 5. The molecule has 1 saturated carbocycles. The highest BCUT2D eigenvalue weighted by Gasteiger charge is 2.35. The van der Waals surface area contributed by atoms with E-state index in [2.05, 4.69) is 22.1 Å². The summed E-state index contributed by atoms with van der Waals surface area (Å²) in [7, 11) is 1.47. The van der Waals surface area contributed by atoms with Gasteiger partial charge in [0.2, 0.25) is 0 Å². The number of nitrogens with zero attached hydrogens (tertiary/aromatic N) is 3. The van der Waals surface area contributed by atoms with Crippen LogP contribution < -0.4 is 15.4 Å². The Morgan fingerprint density at radius 1 is 1.19 bits per heavy atom. The van der Waals surface area contributed by atoms with Gasteiger partial charge in [-0.3, -0.25) is 9.59 Å². The van der Waals surface area contributed by atoms with Crippen LogP contribution in [0.25, 0.3) is 0 Å². The Hall–Kier alpha value is -3.16. The van der Waals surface area contributed by atoms with Gasteiger partial charge >= 0.3 is 12.0 Å². The van der Waals surface area contributed by atoms with Gasteiger partial charge in [0.05, 0.1) is 12.8 Å². The monoisotopic (exact) mass is 424 g/mol. The number of aromatic nitrogens is 2. The maximum Gasteiger partial charge on any atom is 0.318 e. The lowest BCUT2D eigenvalue weighted by Crippen LogP contribution is -2.45. The first-order valence-corrected chi connectivity index (χ1v) is 10.7. The van der Waals surface area contributed by atoms with E-state index < -0.39 is 5.97 Å². The van der Waals surface area contributed by atoms with Crippen molar-refractivity contribution in [2.75, 3.05) is 17.7 Å². The highest BCUT2D eigenvalue weighted by Crippen LogP contribution is 2.38. The molecule has 1 aromatic carbocycles. The summed E-state index contributed by atoms with van der Waals surface area (Å²) in [5, 5.41) is 9.00. The second-order valence-corrected chi connectivity index (χ2v) is 8.55. The molecular weight excluding hydrogens is 396 g/mol. The molecule has 4 rings (SSSR count). The van der Waals surface area contributed by atoms with Crippen LogP contribution in [0.15, 0.2) is 24.3 Å². The fraction of sp³-hybridized carbons (Fsp3) is 0.478. The van der Waals surface area contributed by atoms with E-state index in [4.69, 9.17) is 15.6 Å². The van der Waals surface area contributed by atoms with Crippen molar-refractivity contribution in [3.05, 3.63) is 41.1 Å². The lowest BCUT2D eigenvalue weighted by molar-refractivity contribution is -0.138. The molecule has 3 N–H and O–H groups in total. The SMILES string of the molecule is COc1nc(N)c2c(n1)C[C@@H](C)N(c1ccc([C@H]3CC[C@H](CC(=O)O)CC3)cc1)C2=O. The number of anilines is 2. The number of hydrogen-bond acceptors (Lipinski definition) is 6. The third kappa shape index (κ3) is 4.19. The van der Waals surface area contributed by atoms with Crippen molar-refractivity contribution < 1.29 is 19.4 Å². The Morgan fingerprint density at radius 3 is 2.48 bits per heavy atom. The predicted octanol–water partition coefficient (Wildman–Crippen LogP) is 3.41. The number of nitrogens with two attached hydrogens (primary N) is 1. The summed E-state index contributed by atoms with van der Waals surface area (Å²) in [6, 6.07) is 8.24. The van der Waals surface area contributed by atoms with Crippen molar-refractivity contribution in [1.29, 1.82) is 0 Å². The number of carbonyl (C=O) groups is 2. The third-order valence-electron chi connectivity index (χ3n) is 6.49. The summed E-state index contributed by atoms with van der Waals surface area (Å²) in [6.07, 6.45) is 4.72. The van der Waals surface area contributed by atoms with Crippen LogP contribution in [0.5, 0.6) is 6.01 Å². The number of aliphatic carboxylic acids is 1. The number of carboxylic acids is 1. The molecule has 1 atom stereocenters. The van der Waals surface area contributed by atoms with E-state index in [-0.39, 0.29) is 36.1 Å². The van der Waals surface area contributed by atoms with Crippen molar-refractivity contribution >= 4 is 23.4 Å². The lowest BCUT2D eigenvalue weighted by atomic mass is 9.77. The third-order valence-corrected chi connectivity index (χ3v) is 6.49. The number of fused-ring (bicyclic) bond motifs is 1. The lowest BCUT2D eigenvalue weighted by Gasteiger charge is -2.34. The number of amides is 1. The maximum absolute atomic E-state index is 13.2. The fourth-order valence-corrected chi connectivity index (χ4v) is 4.89. The van der Waals surface area contributed by atoms with Gasteiger partial charge in [0.25, 0.3) is 5.91 Å². The van der Waals surface area contributed by atoms with Crippen LogP contribution in [-0.4, -0.2) is 40.1 Å². The first-order valence-electron chi connectivity index (χ1n) is 10.7. The van der Waals surface area contributed by atoms with E-state index in [1.54, 1.807) is 4.90 Å².